The fourth-order valence-electron chi connectivity index (χ4n) is 1.76. The molecule has 2 N–H and O–H groups in total. The Kier molecular flexibility index (Phi) is 5.04. The zero-order valence-corrected chi connectivity index (χ0v) is 11.3. The van der Waals surface area contributed by atoms with Gasteiger partial charge in [0, 0.05) is 23.7 Å². The monoisotopic (exact) mass is 266 g/mol. The third-order valence-electron chi connectivity index (χ3n) is 2.65. The van der Waals surface area contributed by atoms with E-state index in [1.165, 1.54) is 4.90 Å². The number of carbonyl (C=O) groups excluding carboxylic acids is 1. The minimum absolute atomic E-state index is 0.0851. The van der Waals surface area contributed by atoms with Gasteiger partial charge in [-0.2, -0.15) is 0 Å². The first-order valence-corrected chi connectivity index (χ1v) is 7.14. The Morgan fingerprint density at radius 2 is 2.28 bits per heavy atom. The zero-order chi connectivity index (χ0) is 12.8. The van der Waals surface area contributed by atoms with Crippen LogP contribution in [0.4, 0.5) is 5.69 Å². The Balaban J connectivity index is 1.89. The molecule has 0 spiro atoms. The molecular formula is C13H18N2O2S. The van der Waals surface area contributed by atoms with Crippen LogP contribution in [-0.4, -0.2) is 37.5 Å². The highest BCUT2D eigenvalue weighted by molar-refractivity contribution is 7.99. The zero-order valence-electron chi connectivity index (χ0n) is 10.4. The summed E-state index contributed by atoms with van der Waals surface area (Å²) < 4.78 is 5.40. The van der Waals surface area contributed by atoms with Gasteiger partial charge in [-0.05, 0) is 30.0 Å². The number of carbonyl (C=O) groups is 1. The molecule has 0 aliphatic carbocycles. The number of rotatable bonds is 4. The maximum Gasteiger partial charge on any atom is 0.254 e. The highest BCUT2D eigenvalue weighted by atomic mass is 32.2. The number of ether oxygens (including phenoxy) is 1. The summed E-state index contributed by atoms with van der Waals surface area (Å²) in [4.78, 5) is 13.1. The molecule has 5 heteroatoms. The van der Waals surface area contributed by atoms with Crippen LogP contribution in [0, 0.1) is 0 Å². The summed E-state index contributed by atoms with van der Waals surface area (Å²) >= 11 is 1.78. The highest BCUT2D eigenvalue weighted by Gasteiger charge is 2.21. The first-order chi connectivity index (χ1) is 8.79. The van der Waals surface area contributed by atoms with Gasteiger partial charge in [-0.3, -0.25) is 4.79 Å². The van der Waals surface area contributed by atoms with Crippen molar-refractivity contribution in [1.29, 1.82) is 0 Å². The molecule has 0 saturated carbocycles. The minimum Gasteiger partial charge on any atom is -0.366 e. The lowest BCUT2D eigenvalue weighted by molar-refractivity contribution is -0.128. The van der Waals surface area contributed by atoms with Crippen molar-refractivity contribution in [2.45, 2.75) is 17.9 Å². The molecule has 1 aliphatic rings. The van der Waals surface area contributed by atoms with Gasteiger partial charge < -0.3 is 15.4 Å². The van der Waals surface area contributed by atoms with Crippen LogP contribution in [0.2, 0.25) is 0 Å². The van der Waals surface area contributed by atoms with Gasteiger partial charge in [0.15, 0.2) is 0 Å². The van der Waals surface area contributed by atoms with Gasteiger partial charge in [-0.15, -0.1) is 11.8 Å². The Morgan fingerprint density at radius 3 is 2.89 bits per heavy atom. The quantitative estimate of drug-likeness (QED) is 0.815. The first-order valence-electron chi connectivity index (χ1n) is 6.15. The maximum atomic E-state index is 11.9. The van der Waals surface area contributed by atoms with Gasteiger partial charge in [0.2, 0.25) is 0 Å². The normalized spacial score (nSPS) is 19.5. The smallest absolute Gasteiger partial charge is 0.254 e. The lowest BCUT2D eigenvalue weighted by Crippen LogP contribution is -2.45. The van der Waals surface area contributed by atoms with Crippen LogP contribution >= 0.6 is 11.8 Å². The van der Waals surface area contributed by atoms with E-state index in [4.69, 9.17) is 4.74 Å². The van der Waals surface area contributed by atoms with Crippen LogP contribution < -0.4 is 10.6 Å². The molecular weight excluding hydrogens is 248 g/mol. The summed E-state index contributed by atoms with van der Waals surface area (Å²) in [6.45, 7) is 4.10. The standard InChI is InChI=1S/C13H18N2O2S/c1-2-18-11-5-3-10(4-6-11)15-13(16)12-9-14-7-8-17-12/h3-6,12,14H,2,7-9H2,1H3,(H,15,16). The summed E-state index contributed by atoms with van der Waals surface area (Å²) in [6, 6.07) is 7.88. The van der Waals surface area contributed by atoms with Crippen LogP contribution in [0.3, 0.4) is 0 Å². The van der Waals surface area contributed by atoms with E-state index in [0.717, 1.165) is 18.0 Å². The number of morpholine rings is 1. The highest BCUT2D eigenvalue weighted by Crippen LogP contribution is 2.19. The van der Waals surface area contributed by atoms with Crippen LogP contribution in [-0.2, 0) is 9.53 Å². The second-order valence-corrected chi connectivity index (χ2v) is 5.35. The lowest BCUT2D eigenvalue weighted by atomic mass is 10.2. The van der Waals surface area contributed by atoms with Crippen LogP contribution in [0.15, 0.2) is 29.2 Å². The van der Waals surface area contributed by atoms with Crippen molar-refractivity contribution in [1.82, 2.24) is 5.32 Å². The van der Waals surface area contributed by atoms with E-state index in [-0.39, 0.29) is 12.0 Å². The van der Waals surface area contributed by atoms with Crippen LogP contribution in [0.1, 0.15) is 6.92 Å². The van der Waals surface area contributed by atoms with Crippen molar-refractivity contribution in [3.05, 3.63) is 24.3 Å². The van der Waals surface area contributed by atoms with E-state index in [1.54, 1.807) is 11.8 Å². The molecule has 1 heterocycles. The molecule has 1 aromatic carbocycles. The van der Waals surface area contributed by atoms with Crippen molar-refractivity contribution in [3.8, 4) is 0 Å². The van der Waals surface area contributed by atoms with E-state index in [0.29, 0.717) is 13.2 Å². The Bertz CT molecular complexity index is 388. The van der Waals surface area contributed by atoms with E-state index in [1.807, 2.05) is 24.3 Å². The van der Waals surface area contributed by atoms with Gasteiger partial charge in [-0.25, -0.2) is 0 Å². The summed E-state index contributed by atoms with van der Waals surface area (Å²) in [5, 5.41) is 6.01. The molecule has 0 aromatic heterocycles. The van der Waals surface area contributed by atoms with Crippen molar-refractivity contribution in [3.63, 3.8) is 0 Å². The summed E-state index contributed by atoms with van der Waals surface area (Å²) in [7, 11) is 0. The third kappa shape index (κ3) is 3.73. The molecule has 18 heavy (non-hydrogen) atoms. The number of hydrogen-bond donors (Lipinski definition) is 2. The molecule has 0 radical (unpaired) electrons. The average Bonchev–Trinajstić information content (AvgIpc) is 2.42. The van der Waals surface area contributed by atoms with E-state index in [9.17, 15) is 4.79 Å². The maximum absolute atomic E-state index is 11.9. The molecule has 1 amide bonds. The van der Waals surface area contributed by atoms with Crippen molar-refractivity contribution < 1.29 is 9.53 Å². The van der Waals surface area contributed by atoms with E-state index < -0.39 is 0 Å². The van der Waals surface area contributed by atoms with Crippen molar-refractivity contribution >= 4 is 23.4 Å². The van der Waals surface area contributed by atoms with Gasteiger partial charge in [0.05, 0.1) is 6.61 Å². The molecule has 98 valence electrons. The van der Waals surface area contributed by atoms with Crippen LogP contribution in [0.5, 0.6) is 0 Å². The number of benzene rings is 1. The van der Waals surface area contributed by atoms with E-state index in [2.05, 4.69) is 17.6 Å². The molecule has 1 fully saturated rings. The number of hydrogen-bond acceptors (Lipinski definition) is 4. The Hall–Kier alpha value is -1.04. The largest absolute Gasteiger partial charge is 0.366 e. The SMILES string of the molecule is CCSc1ccc(NC(=O)C2CNCCO2)cc1. The van der Waals surface area contributed by atoms with E-state index >= 15 is 0 Å². The minimum atomic E-state index is -0.386. The number of anilines is 1. The fourth-order valence-corrected chi connectivity index (χ4v) is 2.42. The first kappa shape index (κ1) is 13.4. The predicted molar refractivity (Wildman–Crippen MR) is 74.1 cm³/mol. The van der Waals surface area contributed by atoms with Crippen molar-refractivity contribution in [2.75, 3.05) is 30.8 Å². The molecule has 1 saturated heterocycles. The Labute approximate surface area is 111 Å². The topological polar surface area (TPSA) is 50.4 Å². The molecule has 1 aromatic rings. The molecule has 1 unspecified atom stereocenters. The average molecular weight is 266 g/mol. The lowest BCUT2D eigenvalue weighted by Gasteiger charge is -2.22. The second-order valence-electron chi connectivity index (χ2n) is 4.01. The summed E-state index contributed by atoms with van der Waals surface area (Å²) in [5.74, 6) is 0.964. The van der Waals surface area contributed by atoms with Gasteiger partial charge in [-0.1, -0.05) is 6.92 Å². The third-order valence-corrected chi connectivity index (χ3v) is 3.55. The van der Waals surface area contributed by atoms with Crippen molar-refractivity contribution in [2.24, 2.45) is 0 Å². The Morgan fingerprint density at radius 1 is 1.50 bits per heavy atom. The van der Waals surface area contributed by atoms with Gasteiger partial charge in [0.1, 0.15) is 6.10 Å². The molecule has 1 atom stereocenters. The predicted octanol–water partition coefficient (Wildman–Crippen LogP) is 1.73. The summed E-state index contributed by atoms with van der Waals surface area (Å²) in [5.41, 5.74) is 0.814. The van der Waals surface area contributed by atoms with Gasteiger partial charge >= 0.3 is 0 Å². The van der Waals surface area contributed by atoms with Gasteiger partial charge in [0.25, 0.3) is 5.91 Å². The fraction of sp³-hybridized carbons (Fsp3) is 0.462. The second kappa shape index (κ2) is 6.78. The molecule has 4 nitrogen and oxygen atoms in total. The number of amides is 1. The number of nitrogens with one attached hydrogen (secondary N) is 2. The van der Waals surface area contributed by atoms with Crippen LogP contribution in [0.25, 0.3) is 0 Å². The number of thioether (sulfide) groups is 1. The molecule has 2 rings (SSSR count). The summed E-state index contributed by atoms with van der Waals surface area (Å²) in [6.07, 6.45) is -0.386. The molecule has 1 aliphatic heterocycles. The molecule has 0 bridgehead atoms.